The van der Waals surface area contributed by atoms with Gasteiger partial charge in [-0.15, -0.1) is 0 Å². The first kappa shape index (κ1) is 14.5. The molecule has 0 saturated heterocycles. The number of esters is 1. The van der Waals surface area contributed by atoms with E-state index in [0.29, 0.717) is 18.7 Å². The van der Waals surface area contributed by atoms with E-state index in [1.807, 2.05) is 26.0 Å². The molecule has 4 nitrogen and oxygen atoms in total. The van der Waals surface area contributed by atoms with E-state index in [-0.39, 0.29) is 12.0 Å². The van der Waals surface area contributed by atoms with Crippen LogP contribution in [0, 0.1) is 6.92 Å². The van der Waals surface area contributed by atoms with Gasteiger partial charge in [0.25, 0.3) is 0 Å². The lowest BCUT2D eigenvalue weighted by Crippen LogP contribution is -2.20. The van der Waals surface area contributed by atoms with E-state index in [1.54, 1.807) is 6.07 Å². The third kappa shape index (κ3) is 4.37. The summed E-state index contributed by atoms with van der Waals surface area (Å²) in [6.07, 6.45) is 1.14. The number of rotatable bonds is 6. The van der Waals surface area contributed by atoms with Gasteiger partial charge in [0.2, 0.25) is 0 Å². The van der Waals surface area contributed by atoms with E-state index in [9.17, 15) is 9.90 Å². The van der Waals surface area contributed by atoms with Crippen LogP contribution in [0.3, 0.4) is 0 Å². The Balaban J connectivity index is 2.40. The topological polar surface area (TPSA) is 58.6 Å². The van der Waals surface area contributed by atoms with Crippen molar-refractivity contribution in [3.63, 3.8) is 0 Å². The summed E-state index contributed by atoms with van der Waals surface area (Å²) in [6, 6.07) is 5.70. The summed E-state index contributed by atoms with van der Waals surface area (Å²) in [7, 11) is 1.39. The zero-order valence-electron chi connectivity index (χ0n) is 11.2. The second-order valence-corrected chi connectivity index (χ2v) is 4.42. The molecule has 0 spiro atoms. The predicted molar refractivity (Wildman–Crippen MR) is 70.5 cm³/mol. The second kappa shape index (κ2) is 7.01. The number of benzene rings is 1. The molecule has 1 aromatic carbocycles. The van der Waals surface area contributed by atoms with Crippen LogP contribution in [0.5, 0.6) is 5.75 Å². The van der Waals surface area contributed by atoms with E-state index in [2.05, 4.69) is 10.1 Å². The summed E-state index contributed by atoms with van der Waals surface area (Å²) in [5, 5.41) is 13.1. The Bertz CT molecular complexity index is 404. The van der Waals surface area contributed by atoms with Crippen LogP contribution in [0.25, 0.3) is 0 Å². The summed E-state index contributed by atoms with van der Waals surface area (Å²) in [5.41, 5.74) is 1.91. The minimum Gasteiger partial charge on any atom is -0.508 e. The third-order valence-corrected chi connectivity index (χ3v) is 2.89. The normalized spacial score (nSPS) is 12.2. The lowest BCUT2D eigenvalue weighted by atomic mass is 10.0. The molecular weight excluding hydrogens is 230 g/mol. The van der Waals surface area contributed by atoms with E-state index in [4.69, 9.17) is 0 Å². The standard InChI is InChI=1S/C14H21NO3/c1-10-6-7-12(13(16)9-10)11(2)15-8-4-5-14(17)18-3/h6-7,9,11,15-16H,4-5,8H2,1-3H3. The molecule has 1 rings (SSSR count). The Hall–Kier alpha value is -1.55. The minimum absolute atomic E-state index is 0.0586. The van der Waals surface area contributed by atoms with E-state index < -0.39 is 0 Å². The molecule has 0 saturated carbocycles. The van der Waals surface area contributed by atoms with Gasteiger partial charge < -0.3 is 15.2 Å². The SMILES string of the molecule is COC(=O)CCCNC(C)c1ccc(C)cc1O. The molecule has 0 heterocycles. The van der Waals surface area contributed by atoms with Crippen molar-refractivity contribution < 1.29 is 14.6 Å². The number of carbonyl (C=O) groups excluding carboxylic acids is 1. The molecule has 1 atom stereocenters. The van der Waals surface area contributed by atoms with Gasteiger partial charge in [-0.1, -0.05) is 12.1 Å². The molecular formula is C14H21NO3. The lowest BCUT2D eigenvalue weighted by molar-refractivity contribution is -0.140. The number of ether oxygens (including phenoxy) is 1. The van der Waals surface area contributed by atoms with Crippen molar-refractivity contribution in [3.8, 4) is 5.75 Å². The van der Waals surface area contributed by atoms with Gasteiger partial charge in [-0.05, 0) is 38.4 Å². The quantitative estimate of drug-likeness (QED) is 0.601. The summed E-state index contributed by atoms with van der Waals surface area (Å²) >= 11 is 0. The highest BCUT2D eigenvalue weighted by molar-refractivity contribution is 5.69. The molecule has 18 heavy (non-hydrogen) atoms. The van der Waals surface area contributed by atoms with Gasteiger partial charge >= 0.3 is 5.97 Å². The van der Waals surface area contributed by atoms with Crippen molar-refractivity contribution in [1.29, 1.82) is 0 Å². The van der Waals surface area contributed by atoms with Crippen LogP contribution in [-0.4, -0.2) is 24.7 Å². The molecule has 0 aliphatic heterocycles. The zero-order chi connectivity index (χ0) is 13.5. The number of phenolic OH excluding ortho intramolecular Hbond substituents is 1. The molecule has 0 radical (unpaired) electrons. The van der Waals surface area contributed by atoms with Crippen molar-refractivity contribution in [2.75, 3.05) is 13.7 Å². The predicted octanol–water partition coefficient (Wildman–Crippen LogP) is 2.30. The Morgan fingerprint density at radius 2 is 2.22 bits per heavy atom. The summed E-state index contributed by atoms with van der Waals surface area (Å²) in [6.45, 7) is 4.64. The van der Waals surface area contributed by atoms with Crippen LogP contribution in [-0.2, 0) is 9.53 Å². The number of aromatic hydroxyl groups is 1. The first-order valence-electron chi connectivity index (χ1n) is 6.14. The molecule has 0 bridgehead atoms. The van der Waals surface area contributed by atoms with Gasteiger partial charge in [-0.2, -0.15) is 0 Å². The van der Waals surface area contributed by atoms with Crippen molar-refractivity contribution in [3.05, 3.63) is 29.3 Å². The van der Waals surface area contributed by atoms with E-state index in [1.165, 1.54) is 7.11 Å². The van der Waals surface area contributed by atoms with Crippen molar-refractivity contribution >= 4 is 5.97 Å². The highest BCUT2D eigenvalue weighted by atomic mass is 16.5. The second-order valence-electron chi connectivity index (χ2n) is 4.42. The maximum absolute atomic E-state index is 10.9. The third-order valence-electron chi connectivity index (χ3n) is 2.89. The largest absolute Gasteiger partial charge is 0.508 e. The highest BCUT2D eigenvalue weighted by Gasteiger charge is 2.09. The summed E-state index contributed by atoms with van der Waals surface area (Å²) in [5.74, 6) is 0.116. The van der Waals surface area contributed by atoms with Crippen molar-refractivity contribution in [2.24, 2.45) is 0 Å². The van der Waals surface area contributed by atoms with Crippen LogP contribution in [0.1, 0.15) is 36.9 Å². The average molecular weight is 251 g/mol. The summed E-state index contributed by atoms with van der Waals surface area (Å²) < 4.78 is 4.57. The number of aryl methyl sites for hydroxylation is 1. The molecule has 100 valence electrons. The molecule has 0 amide bonds. The molecule has 2 N–H and O–H groups in total. The molecule has 1 unspecified atom stereocenters. The zero-order valence-corrected chi connectivity index (χ0v) is 11.2. The van der Waals surface area contributed by atoms with Gasteiger partial charge in [0, 0.05) is 18.0 Å². The number of phenols is 1. The van der Waals surface area contributed by atoms with E-state index >= 15 is 0 Å². The van der Waals surface area contributed by atoms with Gasteiger partial charge in [-0.25, -0.2) is 0 Å². The molecule has 4 heteroatoms. The number of nitrogens with one attached hydrogen (secondary N) is 1. The van der Waals surface area contributed by atoms with Crippen LogP contribution >= 0.6 is 0 Å². The maximum Gasteiger partial charge on any atom is 0.305 e. The molecule has 0 aromatic heterocycles. The fourth-order valence-electron chi connectivity index (χ4n) is 1.78. The first-order valence-corrected chi connectivity index (χ1v) is 6.14. The Morgan fingerprint density at radius 3 is 2.83 bits per heavy atom. The Labute approximate surface area is 108 Å². The molecule has 0 aliphatic rings. The average Bonchev–Trinajstić information content (AvgIpc) is 2.34. The van der Waals surface area contributed by atoms with Gasteiger partial charge in [0.05, 0.1) is 7.11 Å². The Morgan fingerprint density at radius 1 is 1.50 bits per heavy atom. The van der Waals surface area contributed by atoms with Crippen molar-refractivity contribution in [1.82, 2.24) is 5.32 Å². The van der Waals surface area contributed by atoms with Crippen LogP contribution < -0.4 is 5.32 Å². The van der Waals surface area contributed by atoms with Crippen molar-refractivity contribution in [2.45, 2.75) is 32.7 Å². The van der Waals surface area contributed by atoms with E-state index in [0.717, 1.165) is 17.5 Å². The molecule has 0 fully saturated rings. The number of methoxy groups -OCH3 is 1. The number of hydrogen-bond acceptors (Lipinski definition) is 4. The number of hydrogen-bond donors (Lipinski definition) is 2. The number of carbonyl (C=O) groups is 1. The van der Waals surface area contributed by atoms with Gasteiger partial charge in [0.1, 0.15) is 5.75 Å². The first-order chi connectivity index (χ1) is 8.54. The minimum atomic E-state index is -0.192. The van der Waals surface area contributed by atoms with Crippen LogP contribution in [0.2, 0.25) is 0 Å². The monoisotopic (exact) mass is 251 g/mol. The fourth-order valence-corrected chi connectivity index (χ4v) is 1.78. The van der Waals surface area contributed by atoms with Crippen LogP contribution in [0.4, 0.5) is 0 Å². The fraction of sp³-hybridized carbons (Fsp3) is 0.500. The van der Waals surface area contributed by atoms with Gasteiger partial charge in [0.15, 0.2) is 0 Å². The molecule has 0 aliphatic carbocycles. The Kier molecular flexibility index (Phi) is 5.65. The van der Waals surface area contributed by atoms with Gasteiger partial charge in [-0.3, -0.25) is 4.79 Å². The smallest absolute Gasteiger partial charge is 0.305 e. The summed E-state index contributed by atoms with van der Waals surface area (Å²) in [4.78, 5) is 10.9. The maximum atomic E-state index is 10.9. The molecule has 1 aromatic rings. The highest BCUT2D eigenvalue weighted by Crippen LogP contribution is 2.24. The van der Waals surface area contributed by atoms with Crippen LogP contribution in [0.15, 0.2) is 18.2 Å². The lowest BCUT2D eigenvalue weighted by Gasteiger charge is -2.15.